The second kappa shape index (κ2) is 4.87. The minimum Gasteiger partial charge on any atom is -0.411 e. The van der Waals surface area contributed by atoms with E-state index in [1.54, 1.807) is 0 Å². The van der Waals surface area contributed by atoms with Gasteiger partial charge in [0.25, 0.3) is 0 Å². The van der Waals surface area contributed by atoms with Gasteiger partial charge in [0.1, 0.15) is 0 Å². The van der Waals surface area contributed by atoms with E-state index in [-0.39, 0.29) is 5.54 Å². The molecular formula is C16H24N2O. The standard InChI is InChI=1S/C16H24N2O/c1-6-18-15-7-11(2)13(10-17-19)8-14(15)12(3)9-16(18,4)5/h7-8,10,12,19H,6,9H2,1-5H3/t12-/m0/s1. The fraction of sp³-hybridized carbons (Fsp3) is 0.562. The van der Waals surface area contributed by atoms with E-state index in [0.29, 0.717) is 5.92 Å². The lowest BCUT2D eigenvalue weighted by Crippen LogP contribution is -2.48. The number of anilines is 1. The monoisotopic (exact) mass is 260 g/mol. The Morgan fingerprint density at radius 2 is 2.16 bits per heavy atom. The summed E-state index contributed by atoms with van der Waals surface area (Å²) < 4.78 is 0. The van der Waals surface area contributed by atoms with Crippen molar-refractivity contribution in [1.29, 1.82) is 0 Å². The average molecular weight is 260 g/mol. The Bertz CT molecular complexity index is 506. The van der Waals surface area contributed by atoms with Crippen molar-refractivity contribution >= 4 is 11.9 Å². The molecule has 3 nitrogen and oxygen atoms in total. The maximum Gasteiger partial charge on any atom is 0.0736 e. The maximum absolute atomic E-state index is 8.75. The van der Waals surface area contributed by atoms with Gasteiger partial charge in [-0.15, -0.1) is 0 Å². The molecule has 0 saturated carbocycles. The SMILES string of the molecule is CCN1c2cc(C)c(C=NO)cc2[C@@H](C)CC1(C)C. The Balaban J connectivity index is 2.60. The van der Waals surface area contributed by atoms with E-state index in [1.165, 1.54) is 17.5 Å². The van der Waals surface area contributed by atoms with Gasteiger partial charge in [-0.1, -0.05) is 12.1 Å². The maximum atomic E-state index is 8.75. The quantitative estimate of drug-likeness (QED) is 0.497. The van der Waals surface area contributed by atoms with E-state index < -0.39 is 0 Å². The van der Waals surface area contributed by atoms with Crippen LogP contribution < -0.4 is 4.90 Å². The van der Waals surface area contributed by atoms with Gasteiger partial charge in [0.15, 0.2) is 0 Å². The highest BCUT2D eigenvalue weighted by Crippen LogP contribution is 2.43. The first kappa shape index (κ1) is 13.9. The van der Waals surface area contributed by atoms with Crippen LogP contribution in [0, 0.1) is 6.92 Å². The molecule has 0 spiro atoms. The fourth-order valence-corrected chi connectivity index (χ4v) is 3.45. The number of rotatable bonds is 2. The molecule has 0 unspecified atom stereocenters. The number of aryl methyl sites for hydroxylation is 1. The normalized spacial score (nSPS) is 21.7. The highest BCUT2D eigenvalue weighted by Gasteiger charge is 2.35. The van der Waals surface area contributed by atoms with Crippen LogP contribution in [0.25, 0.3) is 0 Å². The smallest absolute Gasteiger partial charge is 0.0736 e. The minimum atomic E-state index is 0.195. The van der Waals surface area contributed by atoms with Crippen molar-refractivity contribution in [3.8, 4) is 0 Å². The first-order chi connectivity index (χ1) is 8.90. The Morgan fingerprint density at radius 1 is 1.47 bits per heavy atom. The van der Waals surface area contributed by atoms with Crippen LogP contribution in [0.5, 0.6) is 0 Å². The molecule has 1 aliphatic rings. The predicted octanol–water partition coefficient (Wildman–Crippen LogP) is 3.92. The fourth-order valence-electron chi connectivity index (χ4n) is 3.45. The molecule has 3 heteroatoms. The van der Waals surface area contributed by atoms with Gasteiger partial charge < -0.3 is 10.1 Å². The lowest BCUT2D eigenvalue weighted by molar-refractivity contribution is 0.322. The van der Waals surface area contributed by atoms with Crippen molar-refractivity contribution in [3.05, 3.63) is 28.8 Å². The van der Waals surface area contributed by atoms with E-state index in [0.717, 1.165) is 24.1 Å². The zero-order chi connectivity index (χ0) is 14.2. The average Bonchev–Trinajstić information content (AvgIpc) is 2.31. The molecule has 1 aromatic carbocycles. The first-order valence-corrected chi connectivity index (χ1v) is 7.00. The van der Waals surface area contributed by atoms with Crippen molar-refractivity contribution < 1.29 is 5.21 Å². The summed E-state index contributed by atoms with van der Waals surface area (Å²) >= 11 is 0. The summed E-state index contributed by atoms with van der Waals surface area (Å²) in [6.45, 7) is 12.2. The molecule has 0 fully saturated rings. The first-order valence-electron chi connectivity index (χ1n) is 7.00. The lowest BCUT2D eigenvalue weighted by Gasteiger charge is -2.47. The van der Waals surface area contributed by atoms with Crippen LogP contribution in [-0.2, 0) is 0 Å². The summed E-state index contributed by atoms with van der Waals surface area (Å²) in [5.74, 6) is 0.527. The van der Waals surface area contributed by atoms with Gasteiger partial charge in [-0.2, -0.15) is 0 Å². The van der Waals surface area contributed by atoms with Crippen molar-refractivity contribution in [2.75, 3.05) is 11.4 Å². The van der Waals surface area contributed by atoms with Crippen LogP contribution in [0.4, 0.5) is 5.69 Å². The molecule has 1 aromatic rings. The summed E-state index contributed by atoms with van der Waals surface area (Å²) in [7, 11) is 0. The molecule has 0 aliphatic carbocycles. The van der Waals surface area contributed by atoms with E-state index in [4.69, 9.17) is 5.21 Å². The summed E-state index contributed by atoms with van der Waals surface area (Å²) in [5, 5.41) is 11.9. The van der Waals surface area contributed by atoms with Crippen molar-refractivity contribution in [2.45, 2.75) is 52.5 Å². The number of hydrogen-bond donors (Lipinski definition) is 1. The molecular weight excluding hydrogens is 236 g/mol. The molecule has 0 amide bonds. The van der Waals surface area contributed by atoms with Crippen molar-refractivity contribution in [1.82, 2.24) is 0 Å². The molecule has 0 radical (unpaired) electrons. The van der Waals surface area contributed by atoms with Crippen LogP contribution in [0.3, 0.4) is 0 Å². The van der Waals surface area contributed by atoms with Gasteiger partial charge in [-0.05, 0) is 68.9 Å². The molecule has 1 atom stereocenters. The van der Waals surface area contributed by atoms with Gasteiger partial charge in [-0.3, -0.25) is 0 Å². The summed E-state index contributed by atoms with van der Waals surface area (Å²) in [5.41, 5.74) is 5.05. The molecule has 0 aromatic heterocycles. The minimum absolute atomic E-state index is 0.195. The van der Waals surface area contributed by atoms with E-state index in [1.807, 2.05) is 0 Å². The zero-order valence-corrected chi connectivity index (χ0v) is 12.6. The topological polar surface area (TPSA) is 35.8 Å². The summed E-state index contributed by atoms with van der Waals surface area (Å²) in [6, 6.07) is 4.40. The van der Waals surface area contributed by atoms with Crippen molar-refractivity contribution in [3.63, 3.8) is 0 Å². The highest BCUT2D eigenvalue weighted by molar-refractivity contribution is 5.83. The lowest BCUT2D eigenvalue weighted by atomic mass is 9.79. The number of benzene rings is 1. The number of hydrogen-bond acceptors (Lipinski definition) is 3. The Hall–Kier alpha value is -1.51. The molecule has 1 aliphatic heterocycles. The van der Waals surface area contributed by atoms with E-state index >= 15 is 0 Å². The molecule has 0 saturated heterocycles. The Kier molecular flexibility index (Phi) is 3.57. The second-order valence-corrected chi connectivity index (χ2v) is 6.17. The molecule has 0 bridgehead atoms. The summed E-state index contributed by atoms with van der Waals surface area (Å²) in [4.78, 5) is 2.48. The van der Waals surface area contributed by atoms with Gasteiger partial charge in [0, 0.05) is 17.8 Å². The summed E-state index contributed by atoms with van der Waals surface area (Å²) in [6.07, 6.45) is 2.67. The van der Waals surface area contributed by atoms with Crippen LogP contribution in [0.15, 0.2) is 17.3 Å². The van der Waals surface area contributed by atoms with Gasteiger partial charge in [-0.25, -0.2) is 0 Å². The third-order valence-corrected chi connectivity index (χ3v) is 4.29. The van der Waals surface area contributed by atoms with Crippen molar-refractivity contribution in [2.24, 2.45) is 5.16 Å². The third-order valence-electron chi connectivity index (χ3n) is 4.29. The molecule has 1 N–H and O–H groups in total. The van der Waals surface area contributed by atoms with Gasteiger partial charge in [0.05, 0.1) is 6.21 Å². The van der Waals surface area contributed by atoms with Crippen LogP contribution in [-0.4, -0.2) is 23.5 Å². The number of nitrogens with zero attached hydrogens (tertiary/aromatic N) is 2. The van der Waals surface area contributed by atoms with E-state index in [2.05, 4.69) is 56.8 Å². The molecule has 2 rings (SSSR count). The van der Waals surface area contributed by atoms with Crippen LogP contribution in [0.1, 0.15) is 56.7 Å². The van der Waals surface area contributed by atoms with E-state index in [9.17, 15) is 0 Å². The van der Waals surface area contributed by atoms with Gasteiger partial charge >= 0.3 is 0 Å². The van der Waals surface area contributed by atoms with Crippen LogP contribution in [0.2, 0.25) is 0 Å². The molecule has 19 heavy (non-hydrogen) atoms. The zero-order valence-electron chi connectivity index (χ0n) is 12.6. The Labute approximate surface area is 115 Å². The van der Waals surface area contributed by atoms with Gasteiger partial charge in [0.2, 0.25) is 0 Å². The Morgan fingerprint density at radius 3 is 2.74 bits per heavy atom. The molecule has 104 valence electrons. The molecule has 1 heterocycles. The number of fused-ring (bicyclic) bond motifs is 1. The predicted molar refractivity (Wildman–Crippen MR) is 80.7 cm³/mol. The second-order valence-electron chi connectivity index (χ2n) is 6.17. The largest absolute Gasteiger partial charge is 0.411 e. The number of oxime groups is 1. The third kappa shape index (κ3) is 2.34. The van der Waals surface area contributed by atoms with Crippen LogP contribution >= 0.6 is 0 Å². The highest BCUT2D eigenvalue weighted by atomic mass is 16.4.